The standard InChI is InChI=1S/C16H27N3O/c1-13(2)12-19-8-6-15(7-9-19)17-10-14-4-5-16(20-3)18-11-14/h4-5,11,13,15,17H,6-10,12H2,1-3H3. The number of nitrogens with one attached hydrogen (secondary N) is 1. The lowest BCUT2D eigenvalue weighted by Gasteiger charge is -2.33. The molecule has 1 fully saturated rings. The molecule has 2 rings (SSSR count). The van der Waals surface area contributed by atoms with Gasteiger partial charge < -0.3 is 15.0 Å². The van der Waals surface area contributed by atoms with Crippen LogP contribution in [0.15, 0.2) is 18.3 Å². The molecule has 1 aliphatic heterocycles. The molecule has 1 aromatic rings. The Balaban J connectivity index is 1.70. The van der Waals surface area contributed by atoms with Crippen molar-refractivity contribution in [2.45, 2.75) is 39.3 Å². The average molecular weight is 277 g/mol. The van der Waals surface area contributed by atoms with Gasteiger partial charge in [-0.2, -0.15) is 0 Å². The van der Waals surface area contributed by atoms with Crippen LogP contribution in [0.1, 0.15) is 32.3 Å². The average Bonchev–Trinajstić information content (AvgIpc) is 2.46. The van der Waals surface area contributed by atoms with E-state index in [4.69, 9.17) is 4.74 Å². The molecular formula is C16H27N3O. The van der Waals surface area contributed by atoms with Crippen LogP contribution in [-0.2, 0) is 6.54 Å². The van der Waals surface area contributed by atoms with Gasteiger partial charge in [0.2, 0.25) is 5.88 Å². The third kappa shape index (κ3) is 4.76. The smallest absolute Gasteiger partial charge is 0.212 e. The van der Waals surface area contributed by atoms with E-state index >= 15 is 0 Å². The number of hydrogen-bond acceptors (Lipinski definition) is 4. The summed E-state index contributed by atoms with van der Waals surface area (Å²) in [5.41, 5.74) is 1.22. The molecule has 20 heavy (non-hydrogen) atoms. The van der Waals surface area contributed by atoms with Crippen LogP contribution in [0, 0.1) is 5.92 Å². The molecule has 0 unspecified atom stereocenters. The first kappa shape index (κ1) is 15.3. The first-order valence-corrected chi connectivity index (χ1v) is 7.62. The van der Waals surface area contributed by atoms with Crippen molar-refractivity contribution >= 4 is 0 Å². The fourth-order valence-corrected chi connectivity index (χ4v) is 2.73. The van der Waals surface area contributed by atoms with Crippen LogP contribution in [0.3, 0.4) is 0 Å². The number of methoxy groups -OCH3 is 1. The number of aromatic nitrogens is 1. The van der Waals surface area contributed by atoms with Crippen molar-refractivity contribution in [2.75, 3.05) is 26.7 Å². The Bertz CT molecular complexity index is 383. The third-order valence-electron chi connectivity index (χ3n) is 3.81. The molecule has 112 valence electrons. The number of pyridine rings is 1. The van der Waals surface area contributed by atoms with Crippen LogP contribution >= 0.6 is 0 Å². The maximum absolute atomic E-state index is 5.07. The number of rotatable bonds is 6. The van der Waals surface area contributed by atoms with Gasteiger partial charge in [-0.1, -0.05) is 19.9 Å². The molecule has 0 saturated carbocycles. The first-order valence-electron chi connectivity index (χ1n) is 7.62. The summed E-state index contributed by atoms with van der Waals surface area (Å²) >= 11 is 0. The van der Waals surface area contributed by atoms with Crippen LogP contribution in [-0.4, -0.2) is 42.7 Å². The second kappa shape index (κ2) is 7.60. The fraction of sp³-hybridized carbons (Fsp3) is 0.688. The summed E-state index contributed by atoms with van der Waals surface area (Å²) in [5.74, 6) is 1.45. The highest BCUT2D eigenvalue weighted by molar-refractivity contribution is 5.17. The van der Waals surface area contributed by atoms with E-state index in [1.54, 1.807) is 7.11 Å². The molecule has 1 N–H and O–H groups in total. The largest absolute Gasteiger partial charge is 0.481 e. The lowest BCUT2D eigenvalue weighted by Crippen LogP contribution is -2.43. The van der Waals surface area contributed by atoms with E-state index in [-0.39, 0.29) is 0 Å². The number of nitrogens with zero attached hydrogens (tertiary/aromatic N) is 2. The molecule has 0 radical (unpaired) electrons. The van der Waals surface area contributed by atoms with Crippen LogP contribution < -0.4 is 10.1 Å². The van der Waals surface area contributed by atoms with Crippen molar-refractivity contribution in [3.05, 3.63) is 23.9 Å². The minimum Gasteiger partial charge on any atom is -0.481 e. The molecule has 4 nitrogen and oxygen atoms in total. The zero-order chi connectivity index (χ0) is 14.4. The van der Waals surface area contributed by atoms with Gasteiger partial charge >= 0.3 is 0 Å². The molecule has 1 aromatic heterocycles. The van der Waals surface area contributed by atoms with E-state index in [0.29, 0.717) is 11.9 Å². The topological polar surface area (TPSA) is 37.4 Å². The zero-order valence-electron chi connectivity index (χ0n) is 12.9. The molecule has 2 heterocycles. The van der Waals surface area contributed by atoms with E-state index in [2.05, 4.69) is 35.1 Å². The van der Waals surface area contributed by atoms with Crippen molar-refractivity contribution in [3.8, 4) is 5.88 Å². The van der Waals surface area contributed by atoms with E-state index in [0.717, 1.165) is 12.5 Å². The van der Waals surface area contributed by atoms with Crippen molar-refractivity contribution in [1.29, 1.82) is 0 Å². The molecule has 0 atom stereocenters. The second-order valence-corrected chi connectivity index (χ2v) is 6.06. The predicted octanol–water partition coefficient (Wildman–Crippen LogP) is 2.30. The fourth-order valence-electron chi connectivity index (χ4n) is 2.73. The molecule has 4 heteroatoms. The van der Waals surface area contributed by atoms with Gasteiger partial charge in [0.25, 0.3) is 0 Å². The van der Waals surface area contributed by atoms with E-state index < -0.39 is 0 Å². The normalized spacial score (nSPS) is 17.6. The van der Waals surface area contributed by atoms with Gasteiger partial charge in [0.1, 0.15) is 0 Å². The minimum atomic E-state index is 0.639. The first-order chi connectivity index (χ1) is 9.67. The summed E-state index contributed by atoms with van der Waals surface area (Å²) in [4.78, 5) is 6.82. The molecule has 0 aromatic carbocycles. The van der Waals surface area contributed by atoms with Crippen molar-refractivity contribution < 1.29 is 4.74 Å². The highest BCUT2D eigenvalue weighted by atomic mass is 16.5. The Morgan fingerprint density at radius 2 is 2.10 bits per heavy atom. The second-order valence-electron chi connectivity index (χ2n) is 6.06. The van der Waals surface area contributed by atoms with Crippen molar-refractivity contribution in [3.63, 3.8) is 0 Å². The van der Waals surface area contributed by atoms with Gasteiger partial charge in [0, 0.05) is 31.4 Å². The number of piperidine rings is 1. The number of hydrogen-bond donors (Lipinski definition) is 1. The van der Waals surface area contributed by atoms with E-state index in [1.807, 2.05) is 12.3 Å². The quantitative estimate of drug-likeness (QED) is 0.866. The molecule has 0 bridgehead atoms. The van der Waals surface area contributed by atoms with Crippen LogP contribution in [0.4, 0.5) is 0 Å². The summed E-state index contributed by atoms with van der Waals surface area (Å²) < 4.78 is 5.07. The van der Waals surface area contributed by atoms with Gasteiger partial charge in [0.05, 0.1) is 7.11 Å². The number of ether oxygens (including phenoxy) is 1. The molecule has 0 aliphatic carbocycles. The van der Waals surface area contributed by atoms with Gasteiger partial charge in [-0.05, 0) is 37.4 Å². The Kier molecular flexibility index (Phi) is 5.80. The van der Waals surface area contributed by atoms with E-state index in [9.17, 15) is 0 Å². The van der Waals surface area contributed by atoms with Gasteiger partial charge in [-0.3, -0.25) is 0 Å². The van der Waals surface area contributed by atoms with Crippen LogP contribution in [0.25, 0.3) is 0 Å². The van der Waals surface area contributed by atoms with Crippen LogP contribution in [0.2, 0.25) is 0 Å². The van der Waals surface area contributed by atoms with Crippen molar-refractivity contribution in [1.82, 2.24) is 15.2 Å². The molecular weight excluding hydrogens is 250 g/mol. The summed E-state index contributed by atoms with van der Waals surface area (Å²) in [5, 5.41) is 3.64. The SMILES string of the molecule is COc1ccc(CNC2CCN(CC(C)C)CC2)cn1. The van der Waals surface area contributed by atoms with Gasteiger partial charge in [0.15, 0.2) is 0 Å². The Morgan fingerprint density at radius 3 is 2.65 bits per heavy atom. The Morgan fingerprint density at radius 1 is 1.35 bits per heavy atom. The van der Waals surface area contributed by atoms with Gasteiger partial charge in [-0.15, -0.1) is 0 Å². The lowest BCUT2D eigenvalue weighted by atomic mass is 10.0. The third-order valence-corrected chi connectivity index (χ3v) is 3.81. The summed E-state index contributed by atoms with van der Waals surface area (Å²) in [6, 6.07) is 4.63. The van der Waals surface area contributed by atoms with Crippen LogP contribution in [0.5, 0.6) is 5.88 Å². The monoisotopic (exact) mass is 277 g/mol. The zero-order valence-corrected chi connectivity index (χ0v) is 12.9. The Labute approximate surface area is 122 Å². The van der Waals surface area contributed by atoms with E-state index in [1.165, 1.54) is 38.0 Å². The molecule has 0 spiro atoms. The Hall–Kier alpha value is -1.13. The maximum Gasteiger partial charge on any atom is 0.212 e. The maximum atomic E-state index is 5.07. The molecule has 1 saturated heterocycles. The minimum absolute atomic E-state index is 0.639. The summed E-state index contributed by atoms with van der Waals surface area (Å²) in [6.07, 6.45) is 4.38. The molecule has 1 aliphatic rings. The highest BCUT2D eigenvalue weighted by Gasteiger charge is 2.18. The summed E-state index contributed by atoms with van der Waals surface area (Å²) in [6.45, 7) is 9.15. The van der Waals surface area contributed by atoms with Gasteiger partial charge in [-0.25, -0.2) is 4.98 Å². The highest BCUT2D eigenvalue weighted by Crippen LogP contribution is 2.13. The lowest BCUT2D eigenvalue weighted by molar-refractivity contribution is 0.179. The predicted molar refractivity (Wildman–Crippen MR) is 81.9 cm³/mol. The van der Waals surface area contributed by atoms with Crippen molar-refractivity contribution in [2.24, 2.45) is 5.92 Å². The molecule has 0 amide bonds. The summed E-state index contributed by atoms with van der Waals surface area (Å²) in [7, 11) is 1.64. The number of likely N-dealkylation sites (tertiary alicyclic amines) is 1.